The zero-order valence-corrected chi connectivity index (χ0v) is 19.1. The number of nitrogens with one attached hydrogen (secondary N) is 1. The number of sulfonamides is 1. The van der Waals surface area contributed by atoms with E-state index >= 15 is 0 Å². The van der Waals surface area contributed by atoms with Gasteiger partial charge in [-0.2, -0.15) is 0 Å². The first-order valence-corrected chi connectivity index (χ1v) is 12.2. The molecule has 2 heterocycles. The minimum Gasteiger partial charge on any atom is -0.491 e. The number of nitrogens with zero attached hydrogens (tertiary/aromatic N) is 3. The summed E-state index contributed by atoms with van der Waals surface area (Å²) in [4.78, 5) is 9.40. The monoisotopic (exact) mass is 448 g/mol. The van der Waals surface area contributed by atoms with Gasteiger partial charge in [-0.3, -0.25) is 0 Å². The normalized spacial score (nSPS) is 15.2. The Morgan fingerprint density at radius 3 is 2.35 bits per heavy atom. The molecule has 1 aliphatic heterocycles. The molecule has 0 radical (unpaired) electrons. The van der Waals surface area contributed by atoms with Crippen LogP contribution in [0.15, 0.2) is 47.5 Å². The molecular weight excluding hydrogens is 416 g/mol. The van der Waals surface area contributed by atoms with Crippen LogP contribution in [0.25, 0.3) is 0 Å². The third-order valence-corrected chi connectivity index (χ3v) is 6.67. The molecular formula is C22H32N4O4S. The molecule has 0 bridgehead atoms. The summed E-state index contributed by atoms with van der Waals surface area (Å²) in [5, 5.41) is 0. The zero-order valence-electron chi connectivity index (χ0n) is 18.3. The molecule has 31 heavy (non-hydrogen) atoms. The van der Waals surface area contributed by atoms with Gasteiger partial charge in [0.25, 0.3) is 0 Å². The molecule has 1 N–H and O–H groups in total. The minimum absolute atomic E-state index is 0.186. The van der Waals surface area contributed by atoms with Gasteiger partial charge in [0.05, 0.1) is 11.5 Å². The molecule has 3 rings (SSSR count). The Kier molecular flexibility index (Phi) is 8.65. The van der Waals surface area contributed by atoms with Crippen molar-refractivity contribution in [1.82, 2.24) is 14.6 Å². The van der Waals surface area contributed by atoms with Gasteiger partial charge in [-0.05, 0) is 49.4 Å². The van der Waals surface area contributed by atoms with Crippen LogP contribution in [0.4, 0.5) is 5.82 Å². The standard InChI is InChI=1S/C22H32N4O4S/c1-3-25-11-13-26(14-12-25)22-10-5-19(17-23-22)18-24-31(27,28)21-8-6-20(7-9-21)30-16-15-29-4-2/h5-10,17,24H,3-4,11-16,18H2,1-2H3. The third kappa shape index (κ3) is 6.90. The number of likely N-dealkylation sites (N-methyl/N-ethyl adjacent to an activating group) is 1. The zero-order chi connectivity index (χ0) is 22.1. The van der Waals surface area contributed by atoms with E-state index in [0.717, 1.165) is 44.1 Å². The Labute approximate surface area is 185 Å². The van der Waals surface area contributed by atoms with E-state index in [1.807, 2.05) is 19.1 Å². The molecule has 0 saturated carbocycles. The average Bonchev–Trinajstić information content (AvgIpc) is 2.81. The van der Waals surface area contributed by atoms with Crippen molar-refractivity contribution in [2.75, 3.05) is 57.4 Å². The number of ether oxygens (including phenoxy) is 2. The van der Waals surface area contributed by atoms with Crippen LogP contribution in [0.2, 0.25) is 0 Å². The van der Waals surface area contributed by atoms with Crippen LogP contribution in [-0.4, -0.2) is 70.8 Å². The van der Waals surface area contributed by atoms with Crippen LogP contribution in [0.3, 0.4) is 0 Å². The summed E-state index contributed by atoms with van der Waals surface area (Å²) in [6, 6.07) is 10.3. The molecule has 0 aliphatic carbocycles. The molecule has 1 saturated heterocycles. The van der Waals surface area contributed by atoms with Crippen molar-refractivity contribution in [2.24, 2.45) is 0 Å². The van der Waals surface area contributed by atoms with Crippen LogP contribution in [0, 0.1) is 0 Å². The number of piperazine rings is 1. The van der Waals surface area contributed by atoms with Crippen LogP contribution >= 0.6 is 0 Å². The Morgan fingerprint density at radius 1 is 1.00 bits per heavy atom. The predicted octanol–water partition coefficient (Wildman–Crippen LogP) is 2.12. The number of rotatable bonds is 11. The van der Waals surface area contributed by atoms with Gasteiger partial charge in [-0.15, -0.1) is 0 Å². The molecule has 9 heteroatoms. The number of hydrogen-bond acceptors (Lipinski definition) is 7. The Morgan fingerprint density at radius 2 is 1.74 bits per heavy atom. The Bertz CT molecular complexity index is 896. The summed E-state index contributed by atoms with van der Waals surface area (Å²) in [7, 11) is -3.62. The lowest BCUT2D eigenvalue weighted by Gasteiger charge is -2.34. The van der Waals surface area contributed by atoms with Crippen LogP contribution in [-0.2, 0) is 21.3 Å². The fraction of sp³-hybridized carbons (Fsp3) is 0.500. The van der Waals surface area contributed by atoms with Gasteiger partial charge >= 0.3 is 0 Å². The highest BCUT2D eigenvalue weighted by molar-refractivity contribution is 7.89. The molecule has 0 atom stereocenters. The SMILES string of the molecule is CCOCCOc1ccc(S(=O)(=O)NCc2ccc(N3CCN(CC)CC3)nc2)cc1. The molecule has 0 spiro atoms. The minimum atomic E-state index is -3.62. The van der Waals surface area contributed by atoms with Gasteiger partial charge in [-0.25, -0.2) is 18.1 Å². The highest BCUT2D eigenvalue weighted by Crippen LogP contribution is 2.17. The predicted molar refractivity (Wildman–Crippen MR) is 121 cm³/mol. The van der Waals surface area contributed by atoms with Crippen molar-refractivity contribution in [3.63, 3.8) is 0 Å². The molecule has 170 valence electrons. The average molecular weight is 449 g/mol. The van der Waals surface area contributed by atoms with Gasteiger partial charge in [0.15, 0.2) is 0 Å². The van der Waals surface area contributed by atoms with Crippen molar-refractivity contribution in [1.29, 1.82) is 0 Å². The maximum atomic E-state index is 12.6. The van der Waals surface area contributed by atoms with Crippen molar-refractivity contribution >= 4 is 15.8 Å². The topological polar surface area (TPSA) is 84.0 Å². The first-order valence-electron chi connectivity index (χ1n) is 10.7. The van der Waals surface area contributed by atoms with Crippen LogP contribution in [0.1, 0.15) is 19.4 Å². The van der Waals surface area contributed by atoms with E-state index < -0.39 is 10.0 Å². The molecule has 0 amide bonds. The second-order valence-electron chi connectivity index (χ2n) is 7.29. The fourth-order valence-corrected chi connectivity index (χ4v) is 4.36. The maximum absolute atomic E-state index is 12.6. The second-order valence-corrected chi connectivity index (χ2v) is 9.05. The lowest BCUT2D eigenvalue weighted by atomic mass is 10.2. The van der Waals surface area contributed by atoms with Crippen molar-refractivity contribution in [2.45, 2.75) is 25.3 Å². The summed E-state index contributed by atoms with van der Waals surface area (Å²) in [6.45, 7) is 10.9. The van der Waals surface area contributed by atoms with Crippen LogP contribution < -0.4 is 14.4 Å². The summed E-state index contributed by atoms with van der Waals surface area (Å²) in [5.74, 6) is 1.54. The number of anilines is 1. The maximum Gasteiger partial charge on any atom is 0.240 e. The van der Waals surface area contributed by atoms with Crippen molar-refractivity contribution in [3.8, 4) is 5.75 Å². The second kappa shape index (κ2) is 11.4. The Hall–Kier alpha value is -2.20. The molecule has 1 aromatic carbocycles. The van der Waals surface area contributed by atoms with Gasteiger partial charge in [0, 0.05) is 45.5 Å². The summed E-state index contributed by atoms with van der Waals surface area (Å²) in [6.07, 6.45) is 1.74. The molecule has 0 unspecified atom stereocenters. The number of pyridine rings is 1. The number of aromatic nitrogens is 1. The number of hydrogen-bond donors (Lipinski definition) is 1. The van der Waals surface area contributed by atoms with E-state index in [-0.39, 0.29) is 11.4 Å². The first-order chi connectivity index (χ1) is 15.0. The smallest absolute Gasteiger partial charge is 0.240 e. The lowest BCUT2D eigenvalue weighted by molar-refractivity contribution is 0.110. The van der Waals surface area contributed by atoms with Gasteiger partial charge in [-0.1, -0.05) is 13.0 Å². The molecule has 1 fully saturated rings. The highest BCUT2D eigenvalue weighted by Gasteiger charge is 2.17. The molecule has 2 aromatic rings. The van der Waals surface area contributed by atoms with Crippen molar-refractivity contribution < 1.29 is 17.9 Å². The molecule has 1 aromatic heterocycles. The summed E-state index contributed by atoms with van der Waals surface area (Å²) in [5.41, 5.74) is 0.815. The Balaban J connectivity index is 1.50. The van der Waals surface area contributed by atoms with Gasteiger partial charge < -0.3 is 19.3 Å². The third-order valence-electron chi connectivity index (χ3n) is 5.25. The molecule has 8 nitrogen and oxygen atoms in total. The van der Waals surface area contributed by atoms with Crippen molar-refractivity contribution in [3.05, 3.63) is 48.2 Å². The van der Waals surface area contributed by atoms with Crippen LogP contribution in [0.5, 0.6) is 5.75 Å². The van der Waals surface area contributed by atoms with E-state index in [0.29, 0.717) is 25.6 Å². The largest absolute Gasteiger partial charge is 0.491 e. The van der Waals surface area contributed by atoms with E-state index in [4.69, 9.17) is 9.47 Å². The highest BCUT2D eigenvalue weighted by atomic mass is 32.2. The summed E-state index contributed by atoms with van der Waals surface area (Å²) < 4.78 is 38.5. The van der Waals surface area contributed by atoms with Gasteiger partial charge in [0.2, 0.25) is 10.0 Å². The van der Waals surface area contributed by atoms with E-state index in [9.17, 15) is 8.42 Å². The fourth-order valence-electron chi connectivity index (χ4n) is 3.34. The quantitative estimate of drug-likeness (QED) is 0.527. The van der Waals surface area contributed by atoms with E-state index in [1.165, 1.54) is 12.1 Å². The first kappa shape index (κ1) is 23.5. The van der Waals surface area contributed by atoms with E-state index in [1.54, 1.807) is 18.3 Å². The lowest BCUT2D eigenvalue weighted by Crippen LogP contribution is -2.46. The molecule has 1 aliphatic rings. The van der Waals surface area contributed by atoms with E-state index in [2.05, 4.69) is 26.4 Å². The van der Waals surface area contributed by atoms with Gasteiger partial charge in [0.1, 0.15) is 18.2 Å². The number of benzene rings is 1. The summed E-state index contributed by atoms with van der Waals surface area (Å²) >= 11 is 0.